The average molecular weight is 495 g/mol. The number of rotatable bonds is 1. The number of alkyl halides is 3. The second kappa shape index (κ2) is 5.08. The number of ether oxygens (including phenoxy) is 1. The fourth-order valence-corrected chi connectivity index (χ4v) is 3.00. The molecule has 0 amide bonds. The van der Waals surface area contributed by atoms with Crippen molar-refractivity contribution in [2.24, 2.45) is 7.05 Å². The summed E-state index contributed by atoms with van der Waals surface area (Å²) in [6, 6.07) is 9.35. The molecule has 2 aromatic carbocycles. The minimum absolute atomic E-state index is 0. The van der Waals surface area contributed by atoms with Crippen molar-refractivity contribution in [1.82, 2.24) is 9.55 Å². The maximum atomic E-state index is 12.6. The first-order chi connectivity index (χ1) is 10.4. The molecule has 0 bridgehead atoms. The summed E-state index contributed by atoms with van der Waals surface area (Å²) < 4.78 is 43.7. The summed E-state index contributed by atoms with van der Waals surface area (Å²) in [7, 11) is 1.89. The molecule has 0 N–H and O–H groups in total. The summed E-state index contributed by atoms with van der Waals surface area (Å²) >= 11 is 0. The van der Waals surface area contributed by atoms with Crippen LogP contribution < -0.4 is 4.74 Å². The molecule has 1 aliphatic rings. The Labute approximate surface area is 143 Å². The molecule has 0 saturated carbocycles. The molecule has 121 valence electrons. The van der Waals surface area contributed by atoms with Gasteiger partial charge < -0.3 is 9.30 Å². The number of imidazole rings is 1. The third kappa shape index (κ3) is 2.26. The second-order valence-electron chi connectivity index (χ2n) is 5.22. The van der Waals surface area contributed by atoms with E-state index in [2.05, 4.69) is 15.8 Å². The molecule has 1 aliphatic carbocycles. The molecule has 0 atom stereocenters. The number of nitrogens with zero attached hydrogens (tertiary/aromatic N) is 2. The van der Waals surface area contributed by atoms with E-state index in [9.17, 15) is 13.2 Å². The van der Waals surface area contributed by atoms with E-state index >= 15 is 0 Å². The number of aryl methyl sites for hydroxylation is 1. The van der Waals surface area contributed by atoms with Crippen LogP contribution in [0.25, 0.3) is 33.3 Å². The Kier molecular flexibility index (Phi) is 3.54. The zero-order valence-electron chi connectivity index (χ0n) is 12.1. The molecule has 3 aromatic rings. The van der Waals surface area contributed by atoms with Gasteiger partial charge in [0.1, 0.15) is 0 Å². The maximum absolute atomic E-state index is 12.6. The number of fused-ring (bicyclic) bond motifs is 3. The molecule has 0 spiro atoms. The number of halogens is 3. The van der Waals surface area contributed by atoms with Crippen molar-refractivity contribution < 1.29 is 38.0 Å². The Balaban J connectivity index is 0.00000156. The molecule has 1 heterocycles. The second-order valence-corrected chi connectivity index (χ2v) is 5.22. The molecule has 7 heteroatoms. The number of aromatic nitrogens is 2. The van der Waals surface area contributed by atoms with Crippen LogP contribution in [-0.2, 0) is 27.2 Å². The molecular formula is C16H10F3IrN2O-. The SMILES string of the molecule is Cc1nc2c(n1C)-c1cccc3c(OC(F)(F)F)c[c-]c-2c13.[Ir]. The molecule has 3 nitrogen and oxygen atoms in total. The molecule has 1 radical (unpaired) electrons. The first kappa shape index (κ1) is 16.0. The minimum Gasteiger partial charge on any atom is -0.453 e. The summed E-state index contributed by atoms with van der Waals surface area (Å²) in [5.41, 5.74) is 3.23. The molecule has 4 rings (SSSR count). The van der Waals surface area contributed by atoms with Gasteiger partial charge in [-0.3, -0.25) is 4.98 Å². The standard InChI is InChI=1S/C16H10F3N2O.Ir/c1-8-20-14-10-6-7-12(22-16(17,18)19)9-4-3-5-11(13(9)10)15(14)21(8)2;/h3-5,7H,1-2H3;/q-1;. The van der Waals surface area contributed by atoms with Gasteiger partial charge in [0.15, 0.2) is 0 Å². The predicted octanol–water partition coefficient (Wildman–Crippen LogP) is 4.23. The van der Waals surface area contributed by atoms with Gasteiger partial charge in [-0.1, -0.05) is 29.0 Å². The van der Waals surface area contributed by atoms with Gasteiger partial charge in [-0.25, -0.2) is 0 Å². The Morgan fingerprint density at radius 1 is 1.26 bits per heavy atom. The van der Waals surface area contributed by atoms with Crippen LogP contribution in [0.5, 0.6) is 5.75 Å². The van der Waals surface area contributed by atoms with Gasteiger partial charge in [0, 0.05) is 38.5 Å². The van der Waals surface area contributed by atoms with Gasteiger partial charge in [0.05, 0.1) is 11.6 Å². The van der Waals surface area contributed by atoms with Gasteiger partial charge in [-0.05, 0) is 12.5 Å². The summed E-state index contributed by atoms with van der Waals surface area (Å²) in [5.74, 6) is 0.606. The number of hydrogen-bond donors (Lipinski definition) is 0. The minimum atomic E-state index is -4.73. The molecule has 0 aliphatic heterocycles. The Hall–Kier alpha value is -1.85. The van der Waals surface area contributed by atoms with Crippen LogP contribution >= 0.6 is 0 Å². The number of hydrogen-bond acceptors (Lipinski definition) is 2. The largest absolute Gasteiger partial charge is 0.564 e. The fraction of sp³-hybridized carbons (Fsp3) is 0.188. The van der Waals surface area contributed by atoms with E-state index in [1.807, 2.05) is 24.6 Å². The van der Waals surface area contributed by atoms with Crippen molar-refractivity contribution in [1.29, 1.82) is 0 Å². The monoisotopic (exact) mass is 496 g/mol. The van der Waals surface area contributed by atoms with Crippen LogP contribution in [-0.4, -0.2) is 15.9 Å². The zero-order chi connectivity index (χ0) is 15.6. The Morgan fingerprint density at radius 3 is 2.70 bits per heavy atom. The third-order valence-corrected chi connectivity index (χ3v) is 3.96. The molecule has 0 unspecified atom stereocenters. The Bertz CT molecular complexity index is 931. The van der Waals surface area contributed by atoms with Crippen molar-refractivity contribution in [3.05, 3.63) is 36.2 Å². The van der Waals surface area contributed by atoms with Gasteiger partial charge in [0.2, 0.25) is 0 Å². The van der Waals surface area contributed by atoms with Crippen LogP contribution in [0.15, 0.2) is 24.3 Å². The van der Waals surface area contributed by atoms with Crippen LogP contribution in [0.4, 0.5) is 13.2 Å². The van der Waals surface area contributed by atoms with Crippen molar-refractivity contribution in [2.75, 3.05) is 0 Å². The summed E-state index contributed by atoms with van der Waals surface area (Å²) in [6.07, 6.45) is -4.73. The van der Waals surface area contributed by atoms with Crippen LogP contribution in [0, 0.1) is 13.0 Å². The molecule has 1 aromatic heterocycles. The molecular weight excluding hydrogens is 485 g/mol. The topological polar surface area (TPSA) is 27.1 Å². The summed E-state index contributed by atoms with van der Waals surface area (Å²) in [5, 5.41) is 1.12. The number of benzene rings is 2. The van der Waals surface area contributed by atoms with Crippen molar-refractivity contribution in [2.45, 2.75) is 13.3 Å². The third-order valence-electron chi connectivity index (χ3n) is 3.96. The van der Waals surface area contributed by atoms with E-state index in [0.717, 1.165) is 28.3 Å². The van der Waals surface area contributed by atoms with Crippen molar-refractivity contribution >= 4 is 10.8 Å². The first-order valence-electron chi connectivity index (χ1n) is 6.64. The molecule has 0 fully saturated rings. The van der Waals surface area contributed by atoms with Crippen molar-refractivity contribution in [3.8, 4) is 28.3 Å². The van der Waals surface area contributed by atoms with E-state index < -0.39 is 6.36 Å². The molecule has 23 heavy (non-hydrogen) atoms. The van der Waals surface area contributed by atoms with E-state index in [4.69, 9.17) is 0 Å². The smallest absolute Gasteiger partial charge is 0.453 e. The first-order valence-corrected chi connectivity index (χ1v) is 6.64. The van der Waals surface area contributed by atoms with Gasteiger partial charge in [-0.15, -0.1) is 30.9 Å². The average Bonchev–Trinajstić information content (AvgIpc) is 2.90. The van der Waals surface area contributed by atoms with E-state index in [-0.39, 0.29) is 25.9 Å². The van der Waals surface area contributed by atoms with E-state index in [1.165, 1.54) is 6.07 Å². The quantitative estimate of drug-likeness (QED) is 0.370. The maximum Gasteiger partial charge on any atom is 0.564 e. The summed E-state index contributed by atoms with van der Waals surface area (Å²) in [4.78, 5) is 4.50. The van der Waals surface area contributed by atoms with Gasteiger partial charge >= 0.3 is 6.36 Å². The Morgan fingerprint density at radius 2 is 2.00 bits per heavy atom. The van der Waals surface area contributed by atoms with E-state index in [1.54, 1.807) is 12.1 Å². The van der Waals surface area contributed by atoms with Gasteiger partial charge in [0.25, 0.3) is 0 Å². The van der Waals surface area contributed by atoms with Crippen LogP contribution in [0.2, 0.25) is 0 Å². The predicted molar refractivity (Wildman–Crippen MR) is 75.4 cm³/mol. The van der Waals surface area contributed by atoms with Crippen LogP contribution in [0.3, 0.4) is 0 Å². The van der Waals surface area contributed by atoms with E-state index in [0.29, 0.717) is 10.8 Å². The molecule has 0 saturated heterocycles. The fourth-order valence-electron chi connectivity index (χ4n) is 3.00. The van der Waals surface area contributed by atoms with Crippen molar-refractivity contribution in [3.63, 3.8) is 0 Å². The van der Waals surface area contributed by atoms with Crippen LogP contribution in [0.1, 0.15) is 5.82 Å². The summed E-state index contributed by atoms with van der Waals surface area (Å²) in [6.45, 7) is 1.89. The normalized spacial score (nSPS) is 12.2. The van der Waals surface area contributed by atoms with Gasteiger partial charge in [-0.2, -0.15) is 0 Å². The zero-order valence-corrected chi connectivity index (χ0v) is 14.5.